The molecule has 5 nitrogen and oxygen atoms in total. The van der Waals surface area contributed by atoms with Crippen molar-refractivity contribution in [3.63, 3.8) is 0 Å². The van der Waals surface area contributed by atoms with E-state index in [-0.39, 0.29) is 5.92 Å². The first kappa shape index (κ1) is 17.2. The van der Waals surface area contributed by atoms with Crippen LogP contribution >= 0.6 is 0 Å². The molecule has 0 radical (unpaired) electrons. The Morgan fingerprint density at radius 1 is 1.29 bits per heavy atom. The second-order valence-corrected chi connectivity index (χ2v) is 6.87. The topological polar surface area (TPSA) is 54.5 Å². The van der Waals surface area contributed by atoms with E-state index in [2.05, 4.69) is 21.3 Å². The van der Waals surface area contributed by atoms with Crippen LogP contribution in [0.2, 0.25) is 0 Å². The fraction of sp³-hybridized carbons (Fsp3) is 0.684. The number of hydrogen-bond donors (Lipinski definition) is 1. The molecule has 3 rings (SSSR count). The standard InChI is InChI=1S/C19H29N3O2/c1-20-18-7-4-5-16(21-18)8-9-17-6-2-3-12-22(17)19(23)15-10-13-24-14-11-15/h4-5,7,15,17H,2-3,6,8-14H2,1H3,(H,20,21)/t17-/m1/s1. The number of pyridine rings is 1. The van der Waals surface area contributed by atoms with Crippen molar-refractivity contribution in [1.29, 1.82) is 0 Å². The lowest BCUT2D eigenvalue weighted by molar-refractivity contribution is -0.142. The van der Waals surface area contributed by atoms with Crippen molar-refractivity contribution >= 4 is 11.7 Å². The summed E-state index contributed by atoms with van der Waals surface area (Å²) in [5.74, 6) is 1.44. The predicted molar refractivity (Wildman–Crippen MR) is 95.0 cm³/mol. The van der Waals surface area contributed by atoms with Crippen LogP contribution in [0.25, 0.3) is 0 Å². The van der Waals surface area contributed by atoms with E-state index in [1.165, 1.54) is 6.42 Å². The molecule has 1 amide bonds. The normalized spacial score (nSPS) is 22.4. The number of likely N-dealkylation sites (tertiary alicyclic amines) is 1. The average molecular weight is 331 g/mol. The van der Waals surface area contributed by atoms with Crippen LogP contribution in [0.3, 0.4) is 0 Å². The van der Waals surface area contributed by atoms with E-state index in [1.807, 2.05) is 19.2 Å². The number of piperidine rings is 1. The molecule has 2 fully saturated rings. The molecule has 0 bridgehead atoms. The summed E-state index contributed by atoms with van der Waals surface area (Å²) in [7, 11) is 1.89. The Kier molecular flexibility index (Phi) is 6.07. The maximum absolute atomic E-state index is 12.9. The number of carbonyl (C=O) groups excluding carboxylic acids is 1. The lowest BCUT2D eigenvalue weighted by Crippen LogP contribution is -2.47. The molecule has 5 heteroatoms. The molecule has 24 heavy (non-hydrogen) atoms. The SMILES string of the molecule is CNc1cccc(CC[C@H]2CCCCN2C(=O)C2CCOCC2)n1. The first-order chi connectivity index (χ1) is 11.8. The van der Waals surface area contributed by atoms with Crippen molar-refractivity contribution in [2.75, 3.05) is 32.1 Å². The predicted octanol–water partition coefficient (Wildman–Crippen LogP) is 2.86. The maximum atomic E-state index is 12.9. The van der Waals surface area contributed by atoms with Gasteiger partial charge in [-0.05, 0) is 57.1 Å². The summed E-state index contributed by atoms with van der Waals surface area (Å²) in [4.78, 5) is 19.7. The van der Waals surface area contributed by atoms with Crippen molar-refractivity contribution in [2.24, 2.45) is 5.92 Å². The number of anilines is 1. The van der Waals surface area contributed by atoms with Crippen LogP contribution in [0.15, 0.2) is 18.2 Å². The molecule has 0 aromatic carbocycles. The van der Waals surface area contributed by atoms with Gasteiger partial charge in [-0.2, -0.15) is 0 Å². The van der Waals surface area contributed by atoms with Gasteiger partial charge in [0.15, 0.2) is 0 Å². The summed E-state index contributed by atoms with van der Waals surface area (Å²) in [6.07, 6.45) is 7.19. The minimum atomic E-state index is 0.171. The molecule has 2 aliphatic rings. The van der Waals surface area contributed by atoms with Crippen LogP contribution in [0, 0.1) is 5.92 Å². The van der Waals surface area contributed by atoms with Gasteiger partial charge in [0.2, 0.25) is 5.91 Å². The van der Waals surface area contributed by atoms with Gasteiger partial charge in [0.25, 0.3) is 0 Å². The summed E-state index contributed by atoms with van der Waals surface area (Å²) >= 11 is 0. The van der Waals surface area contributed by atoms with Crippen LogP contribution in [-0.2, 0) is 16.0 Å². The van der Waals surface area contributed by atoms with Crippen molar-refractivity contribution in [1.82, 2.24) is 9.88 Å². The van der Waals surface area contributed by atoms with Crippen molar-refractivity contribution in [3.05, 3.63) is 23.9 Å². The maximum Gasteiger partial charge on any atom is 0.226 e. The van der Waals surface area contributed by atoms with Crippen LogP contribution < -0.4 is 5.32 Å². The van der Waals surface area contributed by atoms with E-state index in [4.69, 9.17) is 4.74 Å². The quantitative estimate of drug-likeness (QED) is 0.901. The fourth-order valence-electron chi connectivity index (χ4n) is 3.84. The van der Waals surface area contributed by atoms with Gasteiger partial charge in [0.1, 0.15) is 5.82 Å². The minimum absolute atomic E-state index is 0.171. The third-order valence-electron chi connectivity index (χ3n) is 5.28. The van der Waals surface area contributed by atoms with E-state index < -0.39 is 0 Å². The number of rotatable bonds is 5. The fourth-order valence-corrected chi connectivity index (χ4v) is 3.84. The molecule has 1 atom stereocenters. The van der Waals surface area contributed by atoms with Crippen LogP contribution in [0.5, 0.6) is 0 Å². The highest BCUT2D eigenvalue weighted by Crippen LogP contribution is 2.26. The van der Waals surface area contributed by atoms with Gasteiger partial charge in [0.05, 0.1) is 0 Å². The van der Waals surface area contributed by atoms with Crippen LogP contribution in [0.4, 0.5) is 5.82 Å². The van der Waals surface area contributed by atoms with Gasteiger partial charge in [0, 0.05) is 44.5 Å². The van der Waals surface area contributed by atoms with Gasteiger partial charge >= 0.3 is 0 Å². The molecule has 0 aliphatic carbocycles. The Morgan fingerprint density at radius 2 is 2.12 bits per heavy atom. The lowest BCUT2D eigenvalue weighted by atomic mass is 9.92. The van der Waals surface area contributed by atoms with Crippen molar-refractivity contribution in [3.8, 4) is 0 Å². The molecule has 1 N–H and O–H groups in total. The van der Waals surface area contributed by atoms with E-state index >= 15 is 0 Å². The molecule has 0 saturated carbocycles. The Labute approximate surface area is 144 Å². The first-order valence-corrected chi connectivity index (χ1v) is 9.30. The number of nitrogens with zero attached hydrogens (tertiary/aromatic N) is 2. The summed E-state index contributed by atoms with van der Waals surface area (Å²) < 4.78 is 5.41. The van der Waals surface area contributed by atoms with E-state index in [0.717, 1.165) is 69.8 Å². The second kappa shape index (κ2) is 8.47. The third-order valence-corrected chi connectivity index (χ3v) is 5.28. The highest BCUT2D eigenvalue weighted by Gasteiger charge is 2.32. The van der Waals surface area contributed by atoms with Crippen molar-refractivity contribution < 1.29 is 9.53 Å². The van der Waals surface area contributed by atoms with Gasteiger partial charge < -0.3 is 15.0 Å². The molecule has 2 aliphatic heterocycles. The third kappa shape index (κ3) is 4.26. The average Bonchev–Trinajstić information content (AvgIpc) is 2.67. The number of aryl methyl sites for hydroxylation is 1. The van der Waals surface area contributed by atoms with Gasteiger partial charge in [-0.25, -0.2) is 4.98 Å². The number of nitrogens with one attached hydrogen (secondary N) is 1. The highest BCUT2D eigenvalue weighted by atomic mass is 16.5. The summed E-state index contributed by atoms with van der Waals surface area (Å²) in [6.45, 7) is 2.39. The number of carbonyl (C=O) groups is 1. The largest absolute Gasteiger partial charge is 0.381 e. The molecule has 3 heterocycles. The molecule has 2 saturated heterocycles. The van der Waals surface area contributed by atoms with Crippen molar-refractivity contribution in [2.45, 2.75) is 51.0 Å². The van der Waals surface area contributed by atoms with E-state index in [0.29, 0.717) is 11.9 Å². The lowest BCUT2D eigenvalue weighted by Gasteiger charge is -2.38. The van der Waals surface area contributed by atoms with Gasteiger partial charge in [-0.3, -0.25) is 4.79 Å². The van der Waals surface area contributed by atoms with Crippen LogP contribution in [-0.4, -0.2) is 48.6 Å². The molecule has 132 valence electrons. The number of aromatic nitrogens is 1. The number of amides is 1. The zero-order chi connectivity index (χ0) is 16.8. The summed E-state index contributed by atoms with van der Waals surface area (Å²) in [5.41, 5.74) is 1.10. The Morgan fingerprint density at radius 3 is 2.92 bits per heavy atom. The highest BCUT2D eigenvalue weighted by molar-refractivity contribution is 5.79. The van der Waals surface area contributed by atoms with Gasteiger partial charge in [-0.1, -0.05) is 6.07 Å². The monoisotopic (exact) mass is 331 g/mol. The molecule has 0 unspecified atom stereocenters. The van der Waals surface area contributed by atoms with Crippen LogP contribution in [0.1, 0.15) is 44.2 Å². The Bertz CT molecular complexity index is 543. The zero-order valence-electron chi connectivity index (χ0n) is 14.7. The summed E-state index contributed by atoms with van der Waals surface area (Å²) in [5, 5.41) is 3.09. The van der Waals surface area contributed by atoms with E-state index in [1.54, 1.807) is 0 Å². The Hall–Kier alpha value is -1.62. The smallest absolute Gasteiger partial charge is 0.226 e. The Balaban J connectivity index is 1.60. The molecule has 0 spiro atoms. The second-order valence-electron chi connectivity index (χ2n) is 6.87. The van der Waals surface area contributed by atoms with Gasteiger partial charge in [-0.15, -0.1) is 0 Å². The zero-order valence-corrected chi connectivity index (χ0v) is 14.7. The first-order valence-electron chi connectivity index (χ1n) is 9.30. The summed E-state index contributed by atoms with van der Waals surface area (Å²) in [6, 6.07) is 6.47. The van der Waals surface area contributed by atoms with E-state index in [9.17, 15) is 4.79 Å². The molecular formula is C19H29N3O2. The molecule has 1 aromatic heterocycles. The molecular weight excluding hydrogens is 302 g/mol. The molecule has 1 aromatic rings. The minimum Gasteiger partial charge on any atom is -0.381 e. The number of ether oxygens (including phenoxy) is 1. The number of hydrogen-bond acceptors (Lipinski definition) is 4.